The molecule has 1 aliphatic rings. The number of ether oxygens (including phenoxy) is 1. The molecule has 0 aromatic carbocycles. The molecule has 15 heavy (non-hydrogen) atoms. The second kappa shape index (κ2) is 4.04. The van der Waals surface area contributed by atoms with Gasteiger partial charge in [-0.2, -0.15) is 0 Å². The van der Waals surface area contributed by atoms with E-state index in [-0.39, 0.29) is 11.3 Å². The minimum absolute atomic E-state index is 0.132. The second-order valence-corrected chi connectivity index (χ2v) is 4.26. The van der Waals surface area contributed by atoms with Crippen molar-refractivity contribution in [3.63, 3.8) is 0 Å². The van der Waals surface area contributed by atoms with Gasteiger partial charge in [0.05, 0.1) is 6.61 Å². The molecule has 0 heterocycles. The minimum atomic E-state index is -1.06. The van der Waals surface area contributed by atoms with Crippen LogP contribution in [0.4, 0.5) is 0 Å². The molecule has 0 amide bonds. The molecular weight excluding hydrogens is 196 g/mol. The summed E-state index contributed by atoms with van der Waals surface area (Å²) in [6.45, 7) is 5.72. The zero-order valence-electron chi connectivity index (χ0n) is 9.15. The van der Waals surface area contributed by atoms with E-state index in [2.05, 4.69) is 0 Å². The lowest BCUT2D eigenvalue weighted by atomic mass is 10.1. The van der Waals surface area contributed by atoms with E-state index in [9.17, 15) is 14.7 Å². The molecule has 1 aliphatic carbocycles. The molecule has 0 spiro atoms. The molecule has 1 fully saturated rings. The lowest BCUT2D eigenvalue weighted by Gasteiger charge is -2.01. The van der Waals surface area contributed by atoms with Gasteiger partial charge in [0.25, 0.3) is 0 Å². The van der Waals surface area contributed by atoms with E-state index in [0.717, 1.165) is 0 Å². The molecule has 0 aromatic rings. The highest BCUT2D eigenvalue weighted by Crippen LogP contribution is 2.58. The van der Waals surface area contributed by atoms with Crippen LogP contribution in [0, 0.1) is 17.3 Å². The summed E-state index contributed by atoms with van der Waals surface area (Å²) in [5, 5.41) is 10.7. The summed E-state index contributed by atoms with van der Waals surface area (Å²) in [5.41, 5.74) is -0.318. The van der Waals surface area contributed by atoms with Crippen molar-refractivity contribution in [1.82, 2.24) is 0 Å². The molecule has 0 radical (unpaired) electrons. The summed E-state index contributed by atoms with van der Waals surface area (Å²) in [6, 6.07) is 0. The Morgan fingerprint density at radius 3 is 2.47 bits per heavy atom. The SMILES string of the molecule is CCOC(=O)C=CC1C(C(=O)[O-])C1(C)C. The Balaban J connectivity index is 2.55. The zero-order chi connectivity index (χ0) is 11.6. The van der Waals surface area contributed by atoms with Gasteiger partial charge >= 0.3 is 5.97 Å². The molecule has 0 bridgehead atoms. The van der Waals surface area contributed by atoms with Crippen LogP contribution >= 0.6 is 0 Å². The van der Waals surface area contributed by atoms with Gasteiger partial charge in [0.1, 0.15) is 0 Å². The number of carbonyl (C=O) groups is 2. The van der Waals surface area contributed by atoms with Gasteiger partial charge in [-0.3, -0.25) is 0 Å². The summed E-state index contributed by atoms with van der Waals surface area (Å²) < 4.78 is 4.70. The Hall–Kier alpha value is -1.32. The molecule has 2 unspecified atom stereocenters. The zero-order valence-corrected chi connectivity index (χ0v) is 9.15. The lowest BCUT2D eigenvalue weighted by Crippen LogP contribution is -2.26. The summed E-state index contributed by atoms with van der Waals surface area (Å²) >= 11 is 0. The lowest BCUT2D eigenvalue weighted by molar-refractivity contribution is -0.309. The molecule has 2 atom stereocenters. The smallest absolute Gasteiger partial charge is 0.330 e. The van der Waals surface area contributed by atoms with Crippen molar-refractivity contribution < 1.29 is 19.4 Å². The monoisotopic (exact) mass is 211 g/mol. The molecule has 0 aliphatic heterocycles. The third kappa shape index (κ3) is 2.37. The van der Waals surface area contributed by atoms with Gasteiger partial charge in [-0.1, -0.05) is 19.9 Å². The van der Waals surface area contributed by atoms with E-state index in [0.29, 0.717) is 6.61 Å². The number of carboxylic acids is 1. The highest BCUT2D eigenvalue weighted by atomic mass is 16.5. The van der Waals surface area contributed by atoms with Crippen molar-refractivity contribution in [3.05, 3.63) is 12.2 Å². The Bertz CT molecular complexity index is 304. The number of aliphatic carboxylic acids is 1. The normalized spacial score (nSPS) is 27.7. The number of hydrogen-bond donors (Lipinski definition) is 0. The van der Waals surface area contributed by atoms with Crippen molar-refractivity contribution in [1.29, 1.82) is 0 Å². The largest absolute Gasteiger partial charge is 0.550 e. The van der Waals surface area contributed by atoms with E-state index in [1.54, 1.807) is 13.0 Å². The van der Waals surface area contributed by atoms with E-state index < -0.39 is 17.9 Å². The Labute approximate surface area is 88.9 Å². The van der Waals surface area contributed by atoms with Crippen LogP contribution in [0.2, 0.25) is 0 Å². The molecule has 0 N–H and O–H groups in total. The van der Waals surface area contributed by atoms with Crippen molar-refractivity contribution in [2.24, 2.45) is 17.3 Å². The Morgan fingerprint density at radius 1 is 1.47 bits per heavy atom. The number of carboxylic acid groups (broad SMARTS) is 1. The van der Waals surface area contributed by atoms with E-state index in [4.69, 9.17) is 4.74 Å². The molecule has 0 saturated heterocycles. The standard InChI is InChI=1S/C11H16O4/c1-4-15-8(12)6-5-7-9(10(13)14)11(7,2)3/h5-7,9H,4H2,1-3H3,(H,13,14)/p-1. The number of hydrogen-bond acceptors (Lipinski definition) is 4. The maximum atomic E-state index is 11.0. The second-order valence-electron chi connectivity index (χ2n) is 4.26. The Kier molecular flexibility index (Phi) is 3.17. The fraction of sp³-hybridized carbons (Fsp3) is 0.636. The van der Waals surface area contributed by atoms with Gasteiger partial charge in [-0.15, -0.1) is 0 Å². The van der Waals surface area contributed by atoms with Crippen molar-refractivity contribution >= 4 is 11.9 Å². The van der Waals surface area contributed by atoms with E-state index in [1.165, 1.54) is 6.08 Å². The van der Waals surface area contributed by atoms with Crippen LogP contribution in [0.3, 0.4) is 0 Å². The van der Waals surface area contributed by atoms with Crippen molar-refractivity contribution in [3.8, 4) is 0 Å². The maximum absolute atomic E-state index is 11.0. The molecule has 4 nitrogen and oxygen atoms in total. The highest BCUT2D eigenvalue weighted by molar-refractivity contribution is 5.82. The quantitative estimate of drug-likeness (QED) is 0.489. The first-order chi connectivity index (χ1) is 6.91. The van der Waals surface area contributed by atoms with Crippen LogP contribution in [0.25, 0.3) is 0 Å². The van der Waals surface area contributed by atoms with E-state index in [1.807, 2.05) is 13.8 Å². The summed E-state index contributed by atoms with van der Waals surface area (Å²) in [7, 11) is 0. The first kappa shape index (κ1) is 11.8. The number of rotatable bonds is 4. The highest BCUT2D eigenvalue weighted by Gasteiger charge is 2.56. The summed E-state index contributed by atoms with van der Waals surface area (Å²) in [5.74, 6) is -2.12. The third-order valence-electron chi connectivity index (χ3n) is 2.89. The van der Waals surface area contributed by atoms with Crippen molar-refractivity contribution in [2.75, 3.05) is 6.61 Å². The first-order valence-electron chi connectivity index (χ1n) is 4.97. The van der Waals surface area contributed by atoms with Gasteiger partial charge in [-0.05, 0) is 18.3 Å². The molecule has 84 valence electrons. The van der Waals surface area contributed by atoms with Crippen LogP contribution < -0.4 is 5.11 Å². The van der Waals surface area contributed by atoms with Crippen LogP contribution in [0.1, 0.15) is 20.8 Å². The topological polar surface area (TPSA) is 66.4 Å². The van der Waals surface area contributed by atoms with Gasteiger partial charge in [0.2, 0.25) is 0 Å². The molecule has 1 saturated carbocycles. The molecule has 0 aromatic heterocycles. The van der Waals surface area contributed by atoms with Crippen LogP contribution in [0.15, 0.2) is 12.2 Å². The van der Waals surface area contributed by atoms with Crippen molar-refractivity contribution in [2.45, 2.75) is 20.8 Å². The average molecular weight is 211 g/mol. The van der Waals surface area contributed by atoms with Crippen LogP contribution in [-0.2, 0) is 14.3 Å². The fourth-order valence-corrected chi connectivity index (χ4v) is 1.86. The third-order valence-corrected chi connectivity index (χ3v) is 2.89. The van der Waals surface area contributed by atoms with Gasteiger partial charge in [-0.25, -0.2) is 4.79 Å². The fourth-order valence-electron chi connectivity index (χ4n) is 1.86. The first-order valence-corrected chi connectivity index (χ1v) is 4.97. The molecule has 1 rings (SSSR count). The number of carbonyl (C=O) groups excluding carboxylic acids is 2. The summed E-state index contributed by atoms with van der Waals surface area (Å²) in [6.07, 6.45) is 2.89. The van der Waals surface area contributed by atoms with Crippen LogP contribution in [0.5, 0.6) is 0 Å². The molecular formula is C11H15O4-. The van der Waals surface area contributed by atoms with Crippen LogP contribution in [-0.4, -0.2) is 18.5 Å². The van der Waals surface area contributed by atoms with Gasteiger partial charge in [0.15, 0.2) is 0 Å². The Morgan fingerprint density at radius 2 is 2.07 bits per heavy atom. The average Bonchev–Trinajstić information content (AvgIpc) is 2.65. The van der Waals surface area contributed by atoms with Gasteiger partial charge < -0.3 is 14.6 Å². The van der Waals surface area contributed by atoms with E-state index >= 15 is 0 Å². The molecule has 4 heteroatoms. The summed E-state index contributed by atoms with van der Waals surface area (Å²) in [4.78, 5) is 21.7. The maximum Gasteiger partial charge on any atom is 0.330 e. The number of allylic oxidation sites excluding steroid dienone is 1. The van der Waals surface area contributed by atoms with Gasteiger partial charge in [0, 0.05) is 18.0 Å². The minimum Gasteiger partial charge on any atom is -0.550 e. The predicted octanol–water partition coefficient (Wildman–Crippen LogP) is 0.128. The predicted molar refractivity (Wildman–Crippen MR) is 51.5 cm³/mol. The number of esters is 1.